The van der Waals surface area contributed by atoms with Gasteiger partial charge in [-0.2, -0.15) is 0 Å². The van der Waals surface area contributed by atoms with Crippen LogP contribution in [0.15, 0.2) is 53.9 Å². The predicted molar refractivity (Wildman–Crippen MR) is 102 cm³/mol. The first-order chi connectivity index (χ1) is 11.1. The molecule has 0 spiro atoms. The average Bonchev–Trinajstić information content (AvgIpc) is 2.64. The summed E-state index contributed by atoms with van der Waals surface area (Å²) < 4.78 is 0. The van der Waals surface area contributed by atoms with Crippen molar-refractivity contribution >= 4 is 0 Å². The maximum absolute atomic E-state index is 6.04. The second kappa shape index (κ2) is 8.61. The number of benzene rings is 1. The number of aryl methyl sites for hydroxylation is 1. The summed E-state index contributed by atoms with van der Waals surface area (Å²) >= 11 is 0. The van der Waals surface area contributed by atoms with Crippen molar-refractivity contribution in [2.75, 3.05) is 6.54 Å². The van der Waals surface area contributed by atoms with Crippen molar-refractivity contribution in [2.24, 2.45) is 5.73 Å². The van der Waals surface area contributed by atoms with Gasteiger partial charge < -0.3 is 10.6 Å². The molecule has 0 radical (unpaired) electrons. The Morgan fingerprint density at radius 1 is 1.04 bits per heavy atom. The van der Waals surface area contributed by atoms with Crippen LogP contribution in [-0.2, 0) is 19.4 Å². The van der Waals surface area contributed by atoms with Crippen molar-refractivity contribution in [1.82, 2.24) is 4.90 Å². The molecule has 1 aliphatic carbocycles. The van der Waals surface area contributed by atoms with E-state index in [2.05, 4.69) is 43.2 Å². The zero-order valence-electron chi connectivity index (χ0n) is 15.5. The number of allylic oxidation sites excluding steroid dienone is 2. The second-order valence-corrected chi connectivity index (χ2v) is 5.35. The quantitative estimate of drug-likeness (QED) is 0.836. The Balaban J connectivity index is 0.000000615. The van der Waals surface area contributed by atoms with Gasteiger partial charge in [0, 0.05) is 24.2 Å². The van der Waals surface area contributed by atoms with E-state index in [-0.39, 0.29) is 0 Å². The maximum Gasteiger partial charge on any atom is 0.0683 e. The Bertz CT molecular complexity index is 608. The van der Waals surface area contributed by atoms with E-state index in [1.807, 2.05) is 27.7 Å². The van der Waals surface area contributed by atoms with Crippen LogP contribution in [0.4, 0.5) is 0 Å². The molecule has 0 amide bonds. The lowest BCUT2D eigenvalue weighted by Gasteiger charge is -2.39. The maximum atomic E-state index is 6.04. The molecule has 2 aliphatic rings. The fourth-order valence-corrected chi connectivity index (χ4v) is 2.93. The van der Waals surface area contributed by atoms with E-state index >= 15 is 0 Å². The second-order valence-electron chi connectivity index (χ2n) is 5.35. The zero-order chi connectivity index (χ0) is 17.6. The van der Waals surface area contributed by atoms with E-state index in [1.54, 1.807) is 0 Å². The number of nitrogens with two attached hydrogens (primary N) is 1. The van der Waals surface area contributed by atoms with Crippen LogP contribution < -0.4 is 5.73 Å². The molecule has 1 heterocycles. The Morgan fingerprint density at radius 3 is 2.26 bits per heavy atom. The standard InChI is InChI=1S/C17H20N2.2C2H6/c1-4-13-5-6-14-7-8-19(10-15(14)9-13)17-12(3)11(2)16(17)18;2*1-2/h5-6,9H,2-4,7-8,10,18H2,1H3;2*1-2H3. The number of fused-ring (bicyclic) bond motifs is 1. The number of nitrogens with zero attached hydrogens (tertiary/aromatic N) is 1. The van der Waals surface area contributed by atoms with Gasteiger partial charge in [-0.1, -0.05) is 66.0 Å². The molecule has 0 saturated carbocycles. The monoisotopic (exact) mass is 312 g/mol. The highest BCUT2D eigenvalue weighted by molar-refractivity contribution is 5.65. The molecule has 0 atom stereocenters. The van der Waals surface area contributed by atoms with Crippen molar-refractivity contribution in [3.05, 3.63) is 70.6 Å². The zero-order valence-corrected chi connectivity index (χ0v) is 15.5. The predicted octanol–water partition coefficient (Wildman–Crippen LogP) is 4.96. The largest absolute Gasteiger partial charge is 0.397 e. The first-order valence-corrected chi connectivity index (χ1v) is 8.86. The molecule has 1 aromatic rings. The van der Waals surface area contributed by atoms with Crippen LogP contribution in [0.5, 0.6) is 0 Å². The van der Waals surface area contributed by atoms with Crippen LogP contribution in [0.1, 0.15) is 51.3 Å². The van der Waals surface area contributed by atoms with E-state index in [0.29, 0.717) is 0 Å². The molecule has 1 aromatic carbocycles. The van der Waals surface area contributed by atoms with Gasteiger partial charge in [0.1, 0.15) is 0 Å². The summed E-state index contributed by atoms with van der Waals surface area (Å²) in [4.78, 5) is 2.34. The molecule has 2 N–H and O–H groups in total. The van der Waals surface area contributed by atoms with Gasteiger partial charge in [0.05, 0.1) is 11.4 Å². The van der Waals surface area contributed by atoms with Crippen LogP contribution in [-0.4, -0.2) is 11.4 Å². The van der Waals surface area contributed by atoms with Crippen LogP contribution >= 0.6 is 0 Å². The minimum absolute atomic E-state index is 0.820. The van der Waals surface area contributed by atoms with Crippen molar-refractivity contribution in [2.45, 2.75) is 54.0 Å². The van der Waals surface area contributed by atoms with E-state index < -0.39 is 0 Å². The summed E-state index contributed by atoms with van der Waals surface area (Å²) in [5.41, 5.74) is 14.2. The van der Waals surface area contributed by atoms with Gasteiger partial charge in [0.15, 0.2) is 0 Å². The molecule has 0 saturated heterocycles. The molecular weight excluding hydrogens is 280 g/mol. The lowest BCUT2D eigenvalue weighted by molar-refractivity contribution is 0.320. The third-order valence-corrected chi connectivity index (χ3v) is 4.24. The van der Waals surface area contributed by atoms with E-state index in [9.17, 15) is 0 Å². The minimum atomic E-state index is 0.820. The third-order valence-electron chi connectivity index (χ3n) is 4.24. The normalized spacial score (nSPS) is 15.8. The smallest absolute Gasteiger partial charge is 0.0683 e. The van der Waals surface area contributed by atoms with Gasteiger partial charge in [-0.05, 0) is 29.5 Å². The molecule has 0 fully saturated rings. The fraction of sp³-hybridized carbons (Fsp3) is 0.429. The summed E-state index contributed by atoms with van der Waals surface area (Å²) in [6.07, 6.45) is 2.16. The van der Waals surface area contributed by atoms with Gasteiger partial charge in [0.25, 0.3) is 0 Å². The van der Waals surface area contributed by atoms with Crippen LogP contribution in [0.2, 0.25) is 0 Å². The van der Waals surface area contributed by atoms with Crippen molar-refractivity contribution < 1.29 is 0 Å². The summed E-state index contributed by atoms with van der Waals surface area (Å²) in [6.45, 7) is 20.1. The Kier molecular flexibility index (Phi) is 7.15. The highest BCUT2D eigenvalue weighted by Gasteiger charge is 2.30. The molecule has 0 bridgehead atoms. The average molecular weight is 313 g/mol. The Morgan fingerprint density at radius 2 is 1.70 bits per heavy atom. The molecule has 0 unspecified atom stereocenters. The Labute approximate surface area is 142 Å². The fourth-order valence-electron chi connectivity index (χ4n) is 2.93. The van der Waals surface area contributed by atoms with E-state index in [4.69, 9.17) is 5.73 Å². The van der Waals surface area contributed by atoms with E-state index in [1.165, 1.54) is 16.7 Å². The molecule has 2 heteroatoms. The molecule has 23 heavy (non-hydrogen) atoms. The SMILES string of the molecule is C=C1C(=C)C(N2CCc3ccc(CC)cc3C2)=C1N.CC.CC. The van der Waals surface area contributed by atoms with Gasteiger partial charge in [-0.3, -0.25) is 0 Å². The van der Waals surface area contributed by atoms with E-state index in [0.717, 1.165) is 48.5 Å². The summed E-state index contributed by atoms with van der Waals surface area (Å²) in [5, 5.41) is 0. The topological polar surface area (TPSA) is 29.3 Å². The van der Waals surface area contributed by atoms with Gasteiger partial charge in [-0.25, -0.2) is 0 Å². The van der Waals surface area contributed by atoms with Crippen LogP contribution in [0.3, 0.4) is 0 Å². The van der Waals surface area contributed by atoms with Gasteiger partial charge in [0.2, 0.25) is 0 Å². The van der Waals surface area contributed by atoms with Crippen molar-refractivity contribution in [3.8, 4) is 0 Å². The first-order valence-electron chi connectivity index (χ1n) is 8.86. The number of hydrogen-bond donors (Lipinski definition) is 1. The minimum Gasteiger partial charge on any atom is -0.397 e. The van der Waals surface area contributed by atoms with Crippen molar-refractivity contribution in [1.29, 1.82) is 0 Å². The highest BCUT2D eigenvalue weighted by atomic mass is 15.2. The summed E-state index contributed by atoms with van der Waals surface area (Å²) in [6, 6.07) is 6.85. The van der Waals surface area contributed by atoms with Crippen LogP contribution in [0.25, 0.3) is 0 Å². The third kappa shape index (κ3) is 3.69. The lowest BCUT2D eigenvalue weighted by Crippen LogP contribution is -2.37. The number of rotatable bonds is 2. The molecule has 2 nitrogen and oxygen atoms in total. The number of hydrogen-bond acceptors (Lipinski definition) is 2. The summed E-state index contributed by atoms with van der Waals surface area (Å²) in [7, 11) is 0. The van der Waals surface area contributed by atoms with Gasteiger partial charge >= 0.3 is 0 Å². The molecule has 0 aromatic heterocycles. The molecule has 3 rings (SSSR count). The lowest BCUT2D eigenvalue weighted by atomic mass is 9.87. The van der Waals surface area contributed by atoms with Crippen molar-refractivity contribution in [3.63, 3.8) is 0 Å². The first kappa shape index (κ1) is 19.1. The molecule has 126 valence electrons. The highest BCUT2D eigenvalue weighted by Crippen LogP contribution is 2.38. The Hall–Kier alpha value is -1.96. The molecular formula is C21H32N2. The van der Waals surface area contributed by atoms with Crippen LogP contribution in [0, 0.1) is 0 Å². The molecule has 1 aliphatic heterocycles. The van der Waals surface area contributed by atoms with Gasteiger partial charge in [-0.15, -0.1) is 0 Å². The summed E-state index contributed by atoms with van der Waals surface area (Å²) in [5.74, 6) is 0.